The molecule has 0 bridgehead atoms. The predicted octanol–water partition coefficient (Wildman–Crippen LogP) is 0.197. The van der Waals surface area contributed by atoms with E-state index < -0.39 is 5.60 Å². The van der Waals surface area contributed by atoms with Gasteiger partial charge in [-0.25, -0.2) is 0 Å². The molecule has 3 N–H and O–H groups in total. The second-order valence-corrected chi connectivity index (χ2v) is 5.21. The SMILES string of the molecule is CN(CC1(O)CCOCC1)C(C)(C)CN. The Morgan fingerprint density at radius 2 is 1.93 bits per heavy atom. The quantitative estimate of drug-likeness (QED) is 0.704. The highest BCUT2D eigenvalue weighted by Crippen LogP contribution is 2.24. The molecule has 1 aliphatic heterocycles. The minimum Gasteiger partial charge on any atom is -0.388 e. The first kappa shape index (κ1) is 12.9. The Morgan fingerprint density at radius 1 is 1.40 bits per heavy atom. The van der Waals surface area contributed by atoms with Gasteiger partial charge in [0.25, 0.3) is 0 Å². The largest absolute Gasteiger partial charge is 0.388 e. The number of nitrogens with two attached hydrogens (primary N) is 1. The minimum absolute atomic E-state index is 0.0615. The number of likely N-dealkylation sites (N-methyl/N-ethyl adjacent to an activating group) is 1. The van der Waals surface area contributed by atoms with Gasteiger partial charge in [-0.05, 0) is 20.9 Å². The van der Waals surface area contributed by atoms with Gasteiger partial charge in [-0.1, -0.05) is 0 Å². The smallest absolute Gasteiger partial charge is 0.0817 e. The van der Waals surface area contributed by atoms with Crippen molar-refractivity contribution in [2.75, 3.05) is 33.4 Å². The zero-order valence-corrected chi connectivity index (χ0v) is 10.1. The average molecular weight is 216 g/mol. The summed E-state index contributed by atoms with van der Waals surface area (Å²) >= 11 is 0. The van der Waals surface area contributed by atoms with Gasteiger partial charge in [-0.2, -0.15) is 0 Å². The Kier molecular flexibility index (Phi) is 4.12. The van der Waals surface area contributed by atoms with Crippen molar-refractivity contribution in [1.82, 2.24) is 4.90 Å². The zero-order valence-electron chi connectivity index (χ0n) is 10.1. The number of nitrogens with zero attached hydrogens (tertiary/aromatic N) is 1. The first-order chi connectivity index (χ1) is 6.90. The Bertz CT molecular complexity index is 201. The van der Waals surface area contributed by atoms with Crippen molar-refractivity contribution in [2.45, 2.75) is 37.8 Å². The van der Waals surface area contributed by atoms with Crippen molar-refractivity contribution < 1.29 is 9.84 Å². The van der Waals surface area contributed by atoms with Crippen molar-refractivity contribution in [3.8, 4) is 0 Å². The maximum atomic E-state index is 10.3. The Balaban J connectivity index is 2.52. The highest BCUT2D eigenvalue weighted by molar-refractivity contribution is 4.89. The topological polar surface area (TPSA) is 58.7 Å². The normalized spacial score (nSPS) is 22.0. The van der Waals surface area contributed by atoms with E-state index in [1.54, 1.807) is 0 Å². The van der Waals surface area contributed by atoms with Crippen LogP contribution >= 0.6 is 0 Å². The molecule has 1 fully saturated rings. The zero-order chi connectivity index (χ0) is 11.5. The summed E-state index contributed by atoms with van der Waals surface area (Å²) in [6.45, 7) is 6.77. The van der Waals surface area contributed by atoms with Gasteiger partial charge in [0.2, 0.25) is 0 Å². The molecule has 0 aromatic carbocycles. The van der Waals surface area contributed by atoms with E-state index in [0.29, 0.717) is 26.3 Å². The maximum absolute atomic E-state index is 10.3. The summed E-state index contributed by atoms with van der Waals surface area (Å²) in [5, 5.41) is 10.3. The summed E-state index contributed by atoms with van der Waals surface area (Å²) in [6, 6.07) is 0. The third-order valence-electron chi connectivity index (χ3n) is 3.49. The maximum Gasteiger partial charge on any atom is 0.0817 e. The number of hydrogen-bond donors (Lipinski definition) is 2. The van der Waals surface area contributed by atoms with Gasteiger partial charge in [0.15, 0.2) is 0 Å². The molecule has 0 unspecified atom stereocenters. The van der Waals surface area contributed by atoms with Crippen LogP contribution in [0, 0.1) is 0 Å². The second kappa shape index (κ2) is 4.78. The van der Waals surface area contributed by atoms with Gasteiger partial charge in [-0.3, -0.25) is 4.90 Å². The molecule has 4 heteroatoms. The Labute approximate surface area is 92.4 Å². The highest BCUT2D eigenvalue weighted by Gasteiger charge is 2.34. The number of rotatable bonds is 4. The van der Waals surface area contributed by atoms with Gasteiger partial charge < -0.3 is 15.6 Å². The molecule has 15 heavy (non-hydrogen) atoms. The summed E-state index contributed by atoms with van der Waals surface area (Å²) in [6.07, 6.45) is 1.44. The number of ether oxygens (including phenoxy) is 1. The third kappa shape index (κ3) is 3.41. The van der Waals surface area contributed by atoms with E-state index >= 15 is 0 Å². The van der Waals surface area contributed by atoms with Crippen LogP contribution in [0.15, 0.2) is 0 Å². The average Bonchev–Trinajstić information content (AvgIpc) is 2.18. The van der Waals surface area contributed by atoms with Crippen LogP contribution in [0.1, 0.15) is 26.7 Å². The summed E-state index contributed by atoms with van der Waals surface area (Å²) in [5.74, 6) is 0. The molecule has 0 aliphatic carbocycles. The molecule has 0 saturated carbocycles. The first-order valence-electron chi connectivity index (χ1n) is 5.61. The fourth-order valence-electron chi connectivity index (χ4n) is 1.72. The molecule has 4 nitrogen and oxygen atoms in total. The van der Waals surface area contributed by atoms with E-state index in [2.05, 4.69) is 18.7 Å². The van der Waals surface area contributed by atoms with Gasteiger partial charge in [0.1, 0.15) is 0 Å². The summed E-state index contributed by atoms with van der Waals surface area (Å²) in [5.41, 5.74) is 5.05. The van der Waals surface area contributed by atoms with Crippen LogP contribution in [0.3, 0.4) is 0 Å². The molecular formula is C11H24N2O2. The van der Waals surface area contributed by atoms with Gasteiger partial charge in [0, 0.05) is 44.7 Å². The second-order valence-electron chi connectivity index (χ2n) is 5.21. The standard InChI is InChI=1S/C11H24N2O2/c1-10(2,8-12)13(3)9-11(14)4-6-15-7-5-11/h14H,4-9,12H2,1-3H3. The number of hydrogen-bond acceptors (Lipinski definition) is 4. The van der Waals surface area contributed by atoms with Crippen molar-refractivity contribution in [2.24, 2.45) is 5.73 Å². The first-order valence-corrected chi connectivity index (χ1v) is 5.61. The van der Waals surface area contributed by atoms with E-state index in [4.69, 9.17) is 10.5 Å². The molecule has 0 amide bonds. The number of aliphatic hydroxyl groups is 1. The van der Waals surface area contributed by atoms with E-state index in [1.165, 1.54) is 0 Å². The summed E-state index contributed by atoms with van der Waals surface area (Å²) in [7, 11) is 2.01. The predicted molar refractivity (Wildman–Crippen MR) is 60.8 cm³/mol. The van der Waals surface area contributed by atoms with Crippen LogP contribution in [0.25, 0.3) is 0 Å². The number of β-amino-alcohol motifs (C(OH)–C–C–N with tert-alkyl or cyclic N) is 1. The molecule has 0 spiro atoms. The van der Waals surface area contributed by atoms with Crippen molar-refractivity contribution >= 4 is 0 Å². The van der Waals surface area contributed by atoms with E-state index in [0.717, 1.165) is 12.8 Å². The highest BCUT2D eigenvalue weighted by atomic mass is 16.5. The Hall–Kier alpha value is -0.160. The van der Waals surface area contributed by atoms with Gasteiger partial charge in [0.05, 0.1) is 5.60 Å². The lowest BCUT2D eigenvalue weighted by Gasteiger charge is -2.41. The van der Waals surface area contributed by atoms with Crippen molar-refractivity contribution in [3.63, 3.8) is 0 Å². The van der Waals surface area contributed by atoms with Crippen LogP contribution < -0.4 is 5.73 Å². The van der Waals surface area contributed by atoms with E-state index in [-0.39, 0.29) is 5.54 Å². The van der Waals surface area contributed by atoms with Crippen LogP contribution in [-0.2, 0) is 4.74 Å². The van der Waals surface area contributed by atoms with Crippen LogP contribution in [0.5, 0.6) is 0 Å². The molecule has 0 atom stereocenters. The molecule has 0 aromatic rings. The lowest BCUT2D eigenvalue weighted by Crippen LogP contribution is -2.54. The fourth-order valence-corrected chi connectivity index (χ4v) is 1.72. The van der Waals surface area contributed by atoms with E-state index in [1.807, 2.05) is 7.05 Å². The van der Waals surface area contributed by atoms with Crippen molar-refractivity contribution in [1.29, 1.82) is 0 Å². The lowest BCUT2D eigenvalue weighted by atomic mass is 9.91. The molecule has 1 aliphatic rings. The molecule has 1 heterocycles. The van der Waals surface area contributed by atoms with E-state index in [9.17, 15) is 5.11 Å². The van der Waals surface area contributed by atoms with Crippen LogP contribution in [-0.4, -0.2) is 54.5 Å². The molecule has 90 valence electrons. The molecule has 1 saturated heterocycles. The van der Waals surface area contributed by atoms with Gasteiger partial charge >= 0.3 is 0 Å². The van der Waals surface area contributed by atoms with Gasteiger partial charge in [-0.15, -0.1) is 0 Å². The monoisotopic (exact) mass is 216 g/mol. The van der Waals surface area contributed by atoms with Crippen LogP contribution in [0.2, 0.25) is 0 Å². The fraction of sp³-hybridized carbons (Fsp3) is 1.00. The summed E-state index contributed by atoms with van der Waals surface area (Å²) in [4.78, 5) is 2.14. The summed E-state index contributed by atoms with van der Waals surface area (Å²) < 4.78 is 5.26. The molecule has 0 radical (unpaired) electrons. The molecule has 0 aromatic heterocycles. The third-order valence-corrected chi connectivity index (χ3v) is 3.49. The lowest BCUT2D eigenvalue weighted by molar-refractivity contribution is -0.0870. The molecule has 1 rings (SSSR count). The van der Waals surface area contributed by atoms with Crippen LogP contribution in [0.4, 0.5) is 0 Å². The van der Waals surface area contributed by atoms with Crippen molar-refractivity contribution in [3.05, 3.63) is 0 Å². The molecular weight excluding hydrogens is 192 g/mol. The Morgan fingerprint density at radius 3 is 2.40 bits per heavy atom. The minimum atomic E-state index is -0.598.